The van der Waals surface area contributed by atoms with Crippen LogP contribution in [0.3, 0.4) is 0 Å². The van der Waals surface area contributed by atoms with Crippen LogP contribution < -0.4 is 9.64 Å². The predicted octanol–water partition coefficient (Wildman–Crippen LogP) is 4.86. The molecule has 6 atom stereocenters. The minimum atomic E-state index is -0.697. The predicted molar refractivity (Wildman–Crippen MR) is 145 cm³/mol. The van der Waals surface area contributed by atoms with Crippen LogP contribution in [-0.4, -0.2) is 30.2 Å². The van der Waals surface area contributed by atoms with Crippen LogP contribution >= 0.6 is 0 Å². The Balaban J connectivity index is 0.979. The fourth-order valence-corrected chi connectivity index (χ4v) is 6.76. The van der Waals surface area contributed by atoms with Gasteiger partial charge in [0.1, 0.15) is 12.4 Å². The van der Waals surface area contributed by atoms with Gasteiger partial charge in [-0.05, 0) is 78.1 Å². The lowest BCUT2D eigenvalue weighted by Crippen LogP contribution is -2.40. The van der Waals surface area contributed by atoms with Gasteiger partial charge < -0.3 is 9.47 Å². The number of esters is 1. The first-order chi connectivity index (χ1) is 19.5. The number of nitrogens with zero attached hydrogens (tertiary/aromatic N) is 1. The number of Topliss-reactive ketones (excluding diaryl/α,β-unsaturated/α-hetero) is 1. The van der Waals surface area contributed by atoms with Crippen LogP contribution in [-0.2, 0) is 20.9 Å². The maximum absolute atomic E-state index is 13.4. The first-order valence-corrected chi connectivity index (χ1v) is 13.6. The monoisotopic (exact) mass is 533 g/mol. The highest BCUT2D eigenvalue weighted by Gasteiger charge is 2.67. The number of amides is 2. The lowest BCUT2D eigenvalue weighted by Gasteiger charge is -2.37. The molecule has 40 heavy (non-hydrogen) atoms. The number of hydrogen-bond acceptors (Lipinski definition) is 6. The Morgan fingerprint density at radius 1 is 0.775 bits per heavy atom. The quantitative estimate of drug-likeness (QED) is 0.178. The molecule has 200 valence electrons. The number of benzene rings is 3. The number of allylic oxidation sites excluding steroid dienone is 2. The highest BCUT2D eigenvalue weighted by Crippen LogP contribution is 2.65. The molecule has 0 radical (unpaired) electrons. The van der Waals surface area contributed by atoms with Crippen LogP contribution in [0.4, 0.5) is 5.69 Å². The molecule has 8 rings (SSSR count). The first kappa shape index (κ1) is 24.5. The smallest absolute Gasteiger partial charge is 0.338 e. The van der Waals surface area contributed by atoms with Gasteiger partial charge in [0.05, 0.1) is 23.1 Å². The summed E-state index contributed by atoms with van der Waals surface area (Å²) in [6.45, 7) is -0.0172. The summed E-state index contributed by atoms with van der Waals surface area (Å²) in [5, 5.41) is 0. The number of ketones is 1. The van der Waals surface area contributed by atoms with Crippen molar-refractivity contribution < 1.29 is 28.7 Å². The molecule has 3 aromatic carbocycles. The molecule has 3 aromatic rings. The van der Waals surface area contributed by atoms with Gasteiger partial charge >= 0.3 is 5.97 Å². The van der Waals surface area contributed by atoms with Crippen molar-refractivity contribution in [3.8, 4) is 5.75 Å². The third-order valence-corrected chi connectivity index (χ3v) is 8.76. The molecule has 2 amide bonds. The number of rotatable bonds is 8. The Bertz CT molecular complexity index is 1510. The van der Waals surface area contributed by atoms with Crippen LogP contribution in [0.1, 0.15) is 32.7 Å². The minimum Gasteiger partial charge on any atom is -0.489 e. The van der Waals surface area contributed by atoms with Crippen molar-refractivity contribution in [2.75, 3.05) is 11.5 Å². The average Bonchev–Trinajstić information content (AvgIpc) is 3.78. The zero-order chi connectivity index (χ0) is 27.4. The summed E-state index contributed by atoms with van der Waals surface area (Å²) in [6.07, 6.45) is 5.36. The number of anilines is 1. The second-order valence-corrected chi connectivity index (χ2v) is 11.0. The second kappa shape index (κ2) is 9.59. The highest BCUT2D eigenvalue weighted by molar-refractivity contribution is 6.23. The highest BCUT2D eigenvalue weighted by atomic mass is 16.5. The number of hydrogen-bond donors (Lipinski definition) is 0. The standard InChI is InChI=1S/C33H27NO6/c35-28(20-9-11-23(12-10-20)39-17-19-5-2-1-3-6-19)18-40-33(38)21-7-4-8-22(15-21)34-31(36)29-24-13-14-25(27-16-26(24)27)30(29)32(34)37/h1-15,24-27,29-30H,16-18H2/t24-,25+,26-,27-,29+,30-/m1/s1. The second-order valence-electron chi connectivity index (χ2n) is 11.0. The van der Waals surface area contributed by atoms with E-state index in [4.69, 9.17) is 9.47 Å². The zero-order valence-electron chi connectivity index (χ0n) is 21.6. The number of ether oxygens (including phenoxy) is 2. The maximum atomic E-state index is 13.4. The Kier molecular flexibility index (Phi) is 5.88. The van der Waals surface area contributed by atoms with Gasteiger partial charge in [0, 0.05) is 5.56 Å². The summed E-state index contributed by atoms with van der Waals surface area (Å²) in [5.74, 6) is -0.116. The maximum Gasteiger partial charge on any atom is 0.338 e. The summed E-state index contributed by atoms with van der Waals surface area (Å²) >= 11 is 0. The Hall–Kier alpha value is -4.52. The first-order valence-electron chi connectivity index (χ1n) is 13.6. The summed E-state index contributed by atoms with van der Waals surface area (Å²) in [4.78, 5) is 53.5. The largest absolute Gasteiger partial charge is 0.489 e. The van der Waals surface area contributed by atoms with Crippen molar-refractivity contribution >= 4 is 29.3 Å². The SMILES string of the molecule is O=C(COC(=O)c1cccc(N2C(=O)[C@@H]3[C@H]4C=C[C@H]([C@H]5C[C@H]45)[C@@H]3C2=O)c1)c1ccc(OCc2ccccc2)cc1. The van der Waals surface area contributed by atoms with Gasteiger partial charge in [-0.25, -0.2) is 9.69 Å². The topological polar surface area (TPSA) is 90.0 Å². The van der Waals surface area contributed by atoms with E-state index in [9.17, 15) is 19.2 Å². The van der Waals surface area contributed by atoms with Gasteiger partial charge in [-0.15, -0.1) is 0 Å². The third-order valence-electron chi connectivity index (χ3n) is 8.76. The van der Waals surface area contributed by atoms with Gasteiger partial charge in [-0.3, -0.25) is 14.4 Å². The average molecular weight is 534 g/mol. The van der Waals surface area contributed by atoms with Gasteiger partial charge in [-0.1, -0.05) is 48.6 Å². The summed E-state index contributed by atoms with van der Waals surface area (Å²) in [6, 6.07) is 22.8. The molecule has 2 saturated carbocycles. The van der Waals surface area contributed by atoms with Crippen LogP contribution in [0, 0.1) is 35.5 Å². The van der Waals surface area contributed by atoms with Crippen molar-refractivity contribution in [3.63, 3.8) is 0 Å². The lowest BCUT2D eigenvalue weighted by atomic mass is 9.63. The lowest BCUT2D eigenvalue weighted by molar-refractivity contribution is -0.124. The molecule has 0 unspecified atom stereocenters. The van der Waals surface area contributed by atoms with E-state index in [0.717, 1.165) is 12.0 Å². The molecule has 0 spiro atoms. The Labute approximate surface area is 231 Å². The molecular formula is C33H27NO6. The summed E-state index contributed by atoms with van der Waals surface area (Å²) < 4.78 is 11.0. The van der Waals surface area contributed by atoms with E-state index in [2.05, 4.69) is 12.2 Å². The van der Waals surface area contributed by atoms with E-state index in [-0.39, 0.29) is 46.8 Å². The van der Waals surface area contributed by atoms with Crippen LogP contribution in [0.5, 0.6) is 5.75 Å². The van der Waals surface area contributed by atoms with Crippen molar-refractivity contribution in [1.29, 1.82) is 0 Å². The molecule has 1 saturated heterocycles. The molecule has 7 heteroatoms. The van der Waals surface area contributed by atoms with Crippen LogP contribution in [0.15, 0.2) is 91.0 Å². The molecule has 3 fully saturated rings. The molecule has 1 heterocycles. The van der Waals surface area contributed by atoms with Crippen molar-refractivity contribution in [2.45, 2.75) is 13.0 Å². The minimum absolute atomic E-state index is 0.130. The van der Waals surface area contributed by atoms with E-state index in [0.29, 0.717) is 35.4 Å². The summed E-state index contributed by atoms with van der Waals surface area (Å²) in [5.41, 5.74) is 1.97. The molecule has 7 nitrogen and oxygen atoms in total. The van der Waals surface area contributed by atoms with E-state index in [1.54, 1.807) is 42.5 Å². The number of carbonyl (C=O) groups excluding carboxylic acids is 4. The normalized spacial score (nSPS) is 27.2. The van der Waals surface area contributed by atoms with Crippen LogP contribution in [0.25, 0.3) is 0 Å². The molecule has 0 aromatic heterocycles. The zero-order valence-corrected chi connectivity index (χ0v) is 21.6. The van der Waals surface area contributed by atoms with E-state index in [1.807, 2.05) is 30.3 Å². The van der Waals surface area contributed by atoms with Gasteiger partial charge in [0.2, 0.25) is 11.8 Å². The number of carbonyl (C=O) groups is 4. The molecule has 5 aliphatic rings. The van der Waals surface area contributed by atoms with Crippen molar-refractivity contribution in [1.82, 2.24) is 0 Å². The Morgan fingerprint density at radius 3 is 2.12 bits per heavy atom. The Morgan fingerprint density at radius 2 is 1.45 bits per heavy atom. The molecule has 4 aliphatic carbocycles. The van der Waals surface area contributed by atoms with E-state index >= 15 is 0 Å². The number of imide groups is 1. The van der Waals surface area contributed by atoms with Gasteiger partial charge in [-0.2, -0.15) is 0 Å². The third kappa shape index (κ3) is 4.13. The molecular weight excluding hydrogens is 506 g/mol. The summed E-state index contributed by atoms with van der Waals surface area (Å²) in [7, 11) is 0. The van der Waals surface area contributed by atoms with Crippen LogP contribution in [0.2, 0.25) is 0 Å². The van der Waals surface area contributed by atoms with Gasteiger partial charge in [0.25, 0.3) is 0 Å². The molecule has 2 bridgehead atoms. The fourth-order valence-electron chi connectivity index (χ4n) is 6.76. The van der Waals surface area contributed by atoms with Crippen molar-refractivity contribution in [3.05, 3.63) is 108 Å². The fraction of sp³-hybridized carbons (Fsp3) is 0.273. The molecule has 0 N–H and O–H groups in total. The van der Waals surface area contributed by atoms with E-state index in [1.165, 1.54) is 11.0 Å². The van der Waals surface area contributed by atoms with E-state index < -0.39 is 12.6 Å². The molecule has 1 aliphatic heterocycles. The van der Waals surface area contributed by atoms with Crippen molar-refractivity contribution in [2.24, 2.45) is 35.5 Å². The van der Waals surface area contributed by atoms with Gasteiger partial charge in [0.15, 0.2) is 12.4 Å².